The number of ether oxygens (including phenoxy) is 1. The van der Waals surface area contributed by atoms with Crippen molar-refractivity contribution in [2.75, 3.05) is 7.11 Å². The standard InChI is InChI=1S/C11H12ClN3O2/c1-6-3-4-7(9(12)10(6)16-2)11-14-8(5-13)17-15-11/h3-4H,5,13H2,1-2H3. The quantitative estimate of drug-likeness (QED) is 0.907. The Morgan fingerprint density at radius 3 is 2.82 bits per heavy atom. The van der Waals surface area contributed by atoms with Gasteiger partial charge in [-0.2, -0.15) is 4.98 Å². The maximum absolute atomic E-state index is 6.22. The number of aromatic nitrogens is 2. The second-order valence-electron chi connectivity index (χ2n) is 3.49. The molecule has 0 radical (unpaired) electrons. The number of benzene rings is 1. The third-order valence-electron chi connectivity index (χ3n) is 2.38. The number of hydrogen-bond donors (Lipinski definition) is 1. The Morgan fingerprint density at radius 1 is 1.47 bits per heavy atom. The molecule has 2 N–H and O–H groups in total. The highest BCUT2D eigenvalue weighted by Crippen LogP contribution is 2.36. The van der Waals surface area contributed by atoms with Gasteiger partial charge in [-0.1, -0.05) is 22.8 Å². The molecule has 0 saturated heterocycles. The Morgan fingerprint density at radius 2 is 2.24 bits per heavy atom. The highest BCUT2D eigenvalue weighted by molar-refractivity contribution is 6.34. The monoisotopic (exact) mass is 253 g/mol. The van der Waals surface area contributed by atoms with Gasteiger partial charge >= 0.3 is 0 Å². The van der Waals surface area contributed by atoms with E-state index in [2.05, 4.69) is 10.1 Å². The zero-order valence-corrected chi connectivity index (χ0v) is 10.3. The summed E-state index contributed by atoms with van der Waals surface area (Å²) in [6.45, 7) is 2.11. The van der Waals surface area contributed by atoms with Crippen molar-refractivity contribution >= 4 is 11.6 Å². The molecule has 17 heavy (non-hydrogen) atoms. The van der Waals surface area contributed by atoms with E-state index in [1.807, 2.05) is 19.1 Å². The molecule has 2 rings (SSSR count). The van der Waals surface area contributed by atoms with E-state index in [1.54, 1.807) is 7.11 Å². The van der Waals surface area contributed by atoms with Crippen molar-refractivity contribution < 1.29 is 9.26 Å². The van der Waals surface area contributed by atoms with E-state index in [9.17, 15) is 0 Å². The van der Waals surface area contributed by atoms with Crippen LogP contribution in [0.1, 0.15) is 11.5 Å². The average Bonchev–Trinajstić information content (AvgIpc) is 2.78. The predicted molar refractivity (Wildman–Crippen MR) is 63.9 cm³/mol. The van der Waals surface area contributed by atoms with E-state index < -0.39 is 0 Å². The van der Waals surface area contributed by atoms with Crippen molar-refractivity contribution in [3.63, 3.8) is 0 Å². The predicted octanol–water partition coefficient (Wildman–Crippen LogP) is 2.17. The van der Waals surface area contributed by atoms with Crippen LogP contribution in [0.2, 0.25) is 5.02 Å². The fraction of sp³-hybridized carbons (Fsp3) is 0.273. The van der Waals surface area contributed by atoms with Crippen molar-refractivity contribution in [3.05, 3.63) is 28.6 Å². The Kier molecular flexibility index (Phi) is 3.31. The molecule has 0 aliphatic carbocycles. The zero-order valence-electron chi connectivity index (χ0n) is 9.53. The molecule has 2 aromatic rings. The highest BCUT2D eigenvalue weighted by atomic mass is 35.5. The van der Waals surface area contributed by atoms with Crippen LogP contribution >= 0.6 is 11.6 Å². The number of aryl methyl sites for hydroxylation is 1. The largest absolute Gasteiger partial charge is 0.495 e. The lowest BCUT2D eigenvalue weighted by Crippen LogP contribution is -1.96. The second kappa shape index (κ2) is 4.73. The van der Waals surface area contributed by atoms with Crippen molar-refractivity contribution in [2.24, 2.45) is 5.73 Å². The van der Waals surface area contributed by atoms with Gasteiger partial charge in [-0.25, -0.2) is 0 Å². The van der Waals surface area contributed by atoms with Gasteiger partial charge in [0, 0.05) is 5.56 Å². The minimum absolute atomic E-state index is 0.202. The number of nitrogens with two attached hydrogens (primary N) is 1. The molecule has 0 aliphatic heterocycles. The summed E-state index contributed by atoms with van der Waals surface area (Å²) >= 11 is 6.22. The van der Waals surface area contributed by atoms with Crippen LogP contribution in [0, 0.1) is 6.92 Å². The van der Waals surface area contributed by atoms with Crippen LogP contribution in [0.4, 0.5) is 0 Å². The van der Waals surface area contributed by atoms with Gasteiger partial charge in [0.15, 0.2) is 0 Å². The summed E-state index contributed by atoms with van der Waals surface area (Å²) in [5, 5.41) is 4.29. The third-order valence-corrected chi connectivity index (χ3v) is 2.76. The maximum Gasteiger partial charge on any atom is 0.240 e. The van der Waals surface area contributed by atoms with Crippen molar-refractivity contribution in [2.45, 2.75) is 13.5 Å². The first-order valence-corrected chi connectivity index (χ1v) is 5.41. The molecule has 0 aliphatic rings. The Hall–Kier alpha value is -1.59. The lowest BCUT2D eigenvalue weighted by atomic mass is 10.1. The van der Waals surface area contributed by atoms with Crippen LogP contribution in [0.5, 0.6) is 5.75 Å². The van der Waals surface area contributed by atoms with E-state index in [1.165, 1.54) is 0 Å². The molecule has 6 heteroatoms. The van der Waals surface area contributed by atoms with Crippen LogP contribution in [0.3, 0.4) is 0 Å². The van der Waals surface area contributed by atoms with Gasteiger partial charge in [-0.15, -0.1) is 0 Å². The summed E-state index contributed by atoms with van der Waals surface area (Å²) < 4.78 is 10.2. The topological polar surface area (TPSA) is 74.2 Å². The SMILES string of the molecule is COc1c(C)ccc(-c2noc(CN)n2)c1Cl. The second-order valence-corrected chi connectivity index (χ2v) is 3.87. The molecule has 0 amide bonds. The summed E-state index contributed by atoms with van der Waals surface area (Å²) in [6.07, 6.45) is 0. The zero-order chi connectivity index (χ0) is 12.4. The van der Waals surface area contributed by atoms with Gasteiger partial charge in [0.05, 0.1) is 18.7 Å². The summed E-state index contributed by atoms with van der Waals surface area (Å²) in [4.78, 5) is 4.12. The summed E-state index contributed by atoms with van der Waals surface area (Å²) in [6, 6.07) is 3.71. The lowest BCUT2D eigenvalue weighted by molar-refractivity contribution is 0.380. The molecule has 0 saturated carbocycles. The summed E-state index contributed by atoms with van der Waals surface area (Å²) in [5.41, 5.74) is 7.02. The fourth-order valence-electron chi connectivity index (χ4n) is 1.52. The summed E-state index contributed by atoms with van der Waals surface area (Å²) in [5.74, 6) is 1.40. The molecule has 0 fully saturated rings. The van der Waals surface area contributed by atoms with Crippen LogP contribution in [-0.2, 0) is 6.54 Å². The lowest BCUT2D eigenvalue weighted by Gasteiger charge is -2.08. The number of methoxy groups -OCH3 is 1. The van der Waals surface area contributed by atoms with E-state index in [-0.39, 0.29) is 6.54 Å². The average molecular weight is 254 g/mol. The molecule has 0 bridgehead atoms. The van der Waals surface area contributed by atoms with E-state index >= 15 is 0 Å². The fourth-order valence-corrected chi connectivity index (χ4v) is 1.90. The summed E-state index contributed by atoms with van der Waals surface area (Å²) in [7, 11) is 1.57. The highest BCUT2D eigenvalue weighted by Gasteiger charge is 2.15. The molecule has 1 heterocycles. The van der Waals surface area contributed by atoms with Gasteiger partial charge in [0.1, 0.15) is 5.75 Å². The van der Waals surface area contributed by atoms with Crippen molar-refractivity contribution in [3.8, 4) is 17.1 Å². The van der Waals surface area contributed by atoms with Crippen molar-refractivity contribution in [1.29, 1.82) is 0 Å². The number of hydrogen-bond acceptors (Lipinski definition) is 5. The molecule has 90 valence electrons. The Balaban J connectivity index is 2.52. The van der Waals surface area contributed by atoms with Gasteiger partial charge in [0.2, 0.25) is 11.7 Å². The number of rotatable bonds is 3. The van der Waals surface area contributed by atoms with Gasteiger partial charge in [0.25, 0.3) is 0 Å². The third kappa shape index (κ3) is 2.11. The van der Waals surface area contributed by atoms with E-state index in [4.69, 9.17) is 26.6 Å². The molecule has 1 aromatic heterocycles. The van der Waals surface area contributed by atoms with Gasteiger partial charge < -0.3 is 15.0 Å². The van der Waals surface area contributed by atoms with E-state index in [0.29, 0.717) is 28.1 Å². The minimum Gasteiger partial charge on any atom is -0.495 e. The maximum atomic E-state index is 6.22. The minimum atomic E-state index is 0.202. The van der Waals surface area contributed by atoms with Crippen LogP contribution in [0.25, 0.3) is 11.4 Å². The first-order chi connectivity index (χ1) is 8.17. The molecule has 0 spiro atoms. The molecular weight excluding hydrogens is 242 g/mol. The number of halogens is 1. The van der Waals surface area contributed by atoms with Crippen LogP contribution < -0.4 is 10.5 Å². The molecule has 0 unspecified atom stereocenters. The smallest absolute Gasteiger partial charge is 0.240 e. The Bertz CT molecular complexity index is 540. The molecule has 5 nitrogen and oxygen atoms in total. The van der Waals surface area contributed by atoms with Crippen LogP contribution in [0.15, 0.2) is 16.7 Å². The van der Waals surface area contributed by atoms with Gasteiger partial charge in [-0.3, -0.25) is 0 Å². The van der Waals surface area contributed by atoms with E-state index in [0.717, 1.165) is 5.56 Å². The molecular formula is C11H12ClN3O2. The van der Waals surface area contributed by atoms with Gasteiger partial charge in [-0.05, 0) is 18.6 Å². The Labute approximate surface area is 104 Å². The first-order valence-electron chi connectivity index (χ1n) is 5.03. The van der Waals surface area contributed by atoms with Crippen molar-refractivity contribution in [1.82, 2.24) is 10.1 Å². The molecule has 1 aromatic carbocycles. The normalized spacial score (nSPS) is 10.6. The molecule has 0 atom stereocenters. The van der Waals surface area contributed by atoms with Crippen LogP contribution in [-0.4, -0.2) is 17.3 Å². The first kappa shape index (κ1) is 11.9. The number of nitrogens with zero attached hydrogens (tertiary/aromatic N) is 2.